The molecule has 2 aromatic carbocycles. The van der Waals surface area contributed by atoms with Gasteiger partial charge in [0.2, 0.25) is 0 Å². The van der Waals surface area contributed by atoms with Gasteiger partial charge in [-0.3, -0.25) is 0 Å². The van der Waals surface area contributed by atoms with E-state index in [2.05, 4.69) is 76.2 Å². The summed E-state index contributed by atoms with van der Waals surface area (Å²) >= 11 is 0. The van der Waals surface area contributed by atoms with Gasteiger partial charge in [0, 0.05) is 0 Å². The Bertz CT molecular complexity index is 534. The molecule has 0 aromatic heterocycles. The van der Waals surface area contributed by atoms with E-state index in [1.807, 2.05) is 12.1 Å². The van der Waals surface area contributed by atoms with E-state index >= 15 is 0 Å². The van der Waals surface area contributed by atoms with Gasteiger partial charge in [-0.15, -0.1) is 0 Å². The molecule has 2 aromatic rings. The summed E-state index contributed by atoms with van der Waals surface area (Å²) in [5.74, 6) is 0. The van der Waals surface area contributed by atoms with Crippen LogP contribution in [-0.2, 0) is 20.1 Å². The zero-order valence-corrected chi connectivity index (χ0v) is 16.1. The first-order chi connectivity index (χ1) is 11.0. The molecule has 0 saturated heterocycles. The van der Waals surface area contributed by atoms with Crippen LogP contribution in [0.15, 0.2) is 60.7 Å². The molecule has 0 bridgehead atoms. The van der Waals surface area contributed by atoms with E-state index in [9.17, 15) is 0 Å². The normalized spacial score (nSPS) is 17.0. The van der Waals surface area contributed by atoms with Crippen LogP contribution in [0.3, 0.4) is 0 Å². The van der Waals surface area contributed by atoms with Gasteiger partial charge in [-0.05, 0) is 37.8 Å². The highest BCUT2D eigenvalue weighted by Crippen LogP contribution is 2.31. The SMILES string of the molecule is CCC(C)(O[SiH2]OC(C)(CC)c1ccccc1)c1ccccc1. The van der Waals surface area contributed by atoms with Gasteiger partial charge in [-0.1, -0.05) is 74.5 Å². The van der Waals surface area contributed by atoms with E-state index in [0.717, 1.165) is 12.8 Å². The minimum absolute atomic E-state index is 0.265. The molecule has 2 rings (SSSR count). The predicted molar refractivity (Wildman–Crippen MR) is 98.9 cm³/mol. The van der Waals surface area contributed by atoms with Crippen molar-refractivity contribution in [3.05, 3.63) is 71.8 Å². The molecule has 124 valence electrons. The molecule has 23 heavy (non-hydrogen) atoms. The molecule has 0 amide bonds. The van der Waals surface area contributed by atoms with Crippen molar-refractivity contribution in [2.45, 2.75) is 51.7 Å². The van der Waals surface area contributed by atoms with E-state index in [1.165, 1.54) is 11.1 Å². The average molecular weight is 329 g/mol. The lowest BCUT2D eigenvalue weighted by Crippen LogP contribution is -2.33. The number of hydrogen-bond acceptors (Lipinski definition) is 2. The molecule has 0 aliphatic carbocycles. The van der Waals surface area contributed by atoms with Crippen molar-refractivity contribution in [3.8, 4) is 0 Å². The Hall–Kier alpha value is -1.42. The molecule has 3 heteroatoms. The molecule has 0 saturated carbocycles. The molecular weight excluding hydrogens is 300 g/mol. The maximum Gasteiger partial charge on any atom is 0.305 e. The van der Waals surface area contributed by atoms with Crippen molar-refractivity contribution in [2.75, 3.05) is 0 Å². The van der Waals surface area contributed by atoms with Crippen molar-refractivity contribution < 1.29 is 8.85 Å². The minimum atomic E-state index is -1.11. The molecular formula is C20H28O2Si. The average Bonchev–Trinajstić information content (AvgIpc) is 2.63. The quantitative estimate of drug-likeness (QED) is 0.656. The summed E-state index contributed by atoms with van der Waals surface area (Å²) in [6.45, 7) is 8.64. The summed E-state index contributed by atoms with van der Waals surface area (Å²) in [4.78, 5) is 0. The molecule has 0 aliphatic heterocycles. The predicted octanol–water partition coefficient (Wildman–Crippen LogP) is 4.67. The second-order valence-electron chi connectivity index (χ2n) is 6.31. The topological polar surface area (TPSA) is 18.5 Å². The summed E-state index contributed by atoms with van der Waals surface area (Å²) in [6.07, 6.45) is 1.86. The van der Waals surface area contributed by atoms with Gasteiger partial charge in [0.1, 0.15) is 0 Å². The van der Waals surface area contributed by atoms with E-state index in [-0.39, 0.29) is 11.2 Å². The first-order valence-electron chi connectivity index (χ1n) is 8.43. The maximum absolute atomic E-state index is 6.30. The smallest absolute Gasteiger partial charge is 0.305 e. The number of rotatable bonds is 8. The lowest BCUT2D eigenvalue weighted by Gasteiger charge is -2.34. The fraction of sp³-hybridized carbons (Fsp3) is 0.400. The highest BCUT2D eigenvalue weighted by molar-refractivity contribution is 6.18. The van der Waals surface area contributed by atoms with Gasteiger partial charge >= 0.3 is 10.0 Å². The van der Waals surface area contributed by atoms with Crippen LogP contribution in [0.2, 0.25) is 0 Å². The van der Waals surface area contributed by atoms with E-state index < -0.39 is 10.0 Å². The highest BCUT2D eigenvalue weighted by Gasteiger charge is 2.29. The summed E-state index contributed by atoms with van der Waals surface area (Å²) in [6, 6.07) is 20.9. The Morgan fingerprint density at radius 1 is 0.696 bits per heavy atom. The zero-order chi connectivity index (χ0) is 16.8. The molecule has 0 fully saturated rings. The second-order valence-corrected chi connectivity index (χ2v) is 7.12. The molecule has 2 unspecified atom stereocenters. The Morgan fingerprint density at radius 3 is 1.35 bits per heavy atom. The lowest BCUT2D eigenvalue weighted by atomic mass is 9.94. The Kier molecular flexibility index (Phi) is 6.16. The van der Waals surface area contributed by atoms with Gasteiger partial charge in [0.25, 0.3) is 0 Å². The molecule has 0 aliphatic rings. The lowest BCUT2D eigenvalue weighted by molar-refractivity contribution is 0.00734. The van der Waals surface area contributed by atoms with Crippen molar-refractivity contribution >= 4 is 10.0 Å². The van der Waals surface area contributed by atoms with Crippen LogP contribution in [0.4, 0.5) is 0 Å². The molecule has 0 heterocycles. The third-order valence-electron chi connectivity index (χ3n) is 4.87. The van der Waals surface area contributed by atoms with Gasteiger partial charge in [-0.25, -0.2) is 0 Å². The fourth-order valence-corrected chi connectivity index (χ4v) is 3.97. The summed E-state index contributed by atoms with van der Waals surface area (Å²) in [5, 5.41) is 0. The van der Waals surface area contributed by atoms with E-state index in [0.29, 0.717) is 0 Å². The number of benzene rings is 2. The molecule has 2 nitrogen and oxygen atoms in total. The van der Waals surface area contributed by atoms with E-state index in [1.54, 1.807) is 0 Å². The fourth-order valence-electron chi connectivity index (χ4n) is 2.65. The third-order valence-corrected chi connectivity index (χ3v) is 6.38. The van der Waals surface area contributed by atoms with Crippen molar-refractivity contribution in [1.29, 1.82) is 0 Å². The summed E-state index contributed by atoms with van der Waals surface area (Å²) in [7, 11) is -1.11. The van der Waals surface area contributed by atoms with Crippen LogP contribution >= 0.6 is 0 Å². The second kappa shape index (κ2) is 7.91. The van der Waals surface area contributed by atoms with Crippen molar-refractivity contribution in [3.63, 3.8) is 0 Å². The molecule has 0 N–H and O–H groups in total. The van der Waals surface area contributed by atoms with Gasteiger partial charge in [0.05, 0.1) is 11.2 Å². The Morgan fingerprint density at radius 2 is 1.04 bits per heavy atom. The monoisotopic (exact) mass is 328 g/mol. The van der Waals surface area contributed by atoms with Crippen LogP contribution in [0, 0.1) is 0 Å². The van der Waals surface area contributed by atoms with Crippen LogP contribution in [-0.4, -0.2) is 10.0 Å². The molecule has 2 atom stereocenters. The van der Waals surface area contributed by atoms with Gasteiger partial charge < -0.3 is 8.85 Å². The minimum Gasteiger partial charge on any atom is -0.389 e. The largest absolute Gasteiger partial charge is 0.389 e. The van der Waals surface area contributed by atoms with Crippen LogP contribution in [0.5, 0.6) is 0 Å². The van der Waals surface area contributed by atoms with Crippen LogP contribution in [0.25, 0.3) is 0 Å². The standard InChI is InChI=1S/C20H28O2Si/c1-5-19(3,17-13-9-7-10-14-17)21-23-22-20(4,6-2)18-15-11-8-12-16-18/h7-16H,5-6,23H2,1-4H3. The molecule has 0 radical (unpaired) electrons. The summed E-state index contributed by atoms with van der Waals surface area (Å²) in [5.41, 5.74) is 1.91. The zero-order valence-electron chi connectivity index (χ0n) is 14.7. The van der Waals surface area contributed by atoms with Crippen LogP contribution in [0.1, 0.15) is 51.7 Å². The van der Waals surface area contributed by atoms with E-state index in [4.69, 9.17) is 8.85 Å². The summed E-state index contributed by atoms with van der Waals surface area (Å²) < 4.78 is 12.6. The maximum atomic E-state index is 6.30. The first-order valence-corrected chi connectivity index (χ1v) is 9.58. The van der Waals surface area contributed by atoms with Gasteiger partial charge in [0.15, 0.2) is 0 Å². The van der Waals surface area contributed by atoms with Crippen molar-refractivity contribution in [1.82, 2.24) is 0 Å². The Balaban J connectivity index is 2.05. The number of hydrogen-bond donors (Lipinski definition) is 0. The Labute approximate surface area is 142 Å². The van der Waals surface area contributed by atoms with Crippen LogP contribution < -0.4 is 0 Å². The highest BCUT2D eigenvalue weighted by atomic mass is 28.3. The van der Waals surface area contributed by atoms with Gasteiger partial charge in [-0.2, -0.15) is 0 Å². The third kappa shape index (κ3) is 4.31. The molecule has 0 spiro atoms. The van der Waals surface area contributed by atoms with Crippen molar-refractivity contribution in [2.24, 2.45) is 0 Å². The first kappa shape index (κ1) is 17.9.